The molecule has 0 bridgehead atoms. The largest absolute Gasteiger partial charge is 0.417 e. The minimum Gasteiger partial charge on any atom is -0.392 e. The molecule has 10 heteroatoms. The number of aliphatic hydroxyl groups is 1. The molecule has 4 rings (SSSR count). The van der Waals surface area contributed by atoms with E-state index >= 15 is 0 Å². The number of alkyl halides is 3. The fourth-order valence-corrected chi connectivity index (χ4v) is 3.09. The van der Waals surface area contributed by atoms with E-state index in [0.717, 1.165) is 12.3 Å². The van der Waals surface area contributed by atoms with Crippen molar-refractivity contribution < 1.29 is 22.8 Å². The second-order valence-electron chi connectivity index (χ2n) is 6.16. The summed E-state index contributed by atoms with van der Waals surface area (Å²) < 4.78 is 45.5. The van der Waals surface area contributed by atoms with Crippen LogP contribution in [0.3, 0.4) is 0 Å². The smallest absolute Gasteiger partial charge is 0.392 e. The number of halogens is 4. The third-order valence-corrected chi connectivity index (χ3v) is 4.48. The van der Waals surface area contributed by atoms with Crippen LogP contribution in [0.4, 0.5) is 13.2 Å². The Morgan fingerprint density at radius 1 is 1.18 bits per heavy atom. The van der Waals surface area contributed by atoms with Crippen LogP contribution in [-0.4, -0.2) is 24.6 Å². The Morgan fingerprint density at radius 2 is 1.96 bits per heavy atom. The molecule has 1 N–H and O–H groups in total. The summed E-state index contributed by atoms with van der Waals surface area (Å²) in [5.41, 5.74) is 1.31. The molecule has 4 aromatic rings. The first kappa shape index (κ1) is 18.5. The van der Waals surface area contributed by atoms with Crippen molar-refractivity contribution in [1.29, 1.82) is 0 Å². The molecule has 3 heterocycles. The highest BCUT2D eigenvalue weighted by Crippen LogP contribution is 2.32. The number of fused-ring (bicyclic) bond motifs is 1. The number of pyridine rings is 1. The molecule has 0 radical (unpaired) electrons. The predicted octanol–water partition coefficient (Wildman–Crippen LogP) is 4.52. The lowest BCUT2D eigenvalue weighted by atomic mass is 10.1. The lowest BCUT2D eigenvalue weighted by molar-refractivity contribution is -0.137. The van der Waals surface area contributed by atoms with E-state index in [1.54, 1.807) is 25.1 Å². The van der Waals surface area contributed by atoms with Crippen molar-refractivity contribution in [2.24, 2.45) is 0 Å². The van der Waals surface area contributed by atoms with Crippen LogP contribution in [0.15, 0.2) is 41.2 Å². The first-order valence-corrected chi connectivity index (χ1v) is 8.44. The highest BCUT2D eigenvalue weighted by atomic mass is 35.5. The van der Waals surface area contributed by atoms with Crippen LogP contribution in [0.5, 0.6) is 0 Å². The van der Waals surface area contributed by atoms with Gasteiger partial charge in [0.15, 0.2) is 0 Å². The molecule has 1 aromatic carbocycles. The maximum atomic E-state index is 13.0. The molecule has 28 heavy (non-hydrogen) atoms. The zero-order valence-electron chi connectivity index (χ0n) is 14.3. The summed E-state index contributed by atoms with van der Waals surface area (Å²) in [6.07, 6.45) is -2.11. The van der Waals surface area contributed by atoms with E-state index in [4.69, 9.17) is 21.2 Å². The van der Waals surface area contributed by atoms with Crippen LogP contribution in [0.25, 0.3) is 28.6 Å². The molecule has 0 unspecified atom stereocenters. The zero-order valence-corrected chi connectivity index (χ0v) is 15.1. The molecule has 6 nitrogen and oxygen atoms in total. The maximum absolute atomic E-state index is 13.0. The average Bonchev–Trinajstić information content (AvgIpc) is 3.27. The molecular weight excluding hydrogens is 397 g/mol. The minimum absolute atomic E-state index is 0.0500. The summed E-state index contributed by atoms with van der Waals surface area (Å²) in [6, 6.07) is 5.93. The van der Waals surface area contributed by atoms with Gasteiger partial charge in [-0.2, -0.15) is 18.2 Å². The van der Waals surface area contributed by atoms with Crippen LogP contribution in [0.1, 0.15) is 16.7 Å². The third kappa shape index (κ3) is 3.23. The van der Waals surface area contributed by atoms with Gasteiger partial charge in [0.1, 0.15) is 11.3 Å². The summed E-state index contributed by atoms with van der Waals surface area (Å²) in [5, 5.41) is 13.3. The first-order valence-electron chi connectivity index (χ1n) is 8.06. The topological polar surface area (TPSA) is 76.5 Å². The normalized spacial score (nSPS) is 12.1. The van der Waals surface area contributed by atoms with Crippen LogP contribution in [-0.2, 0) is 12.8 Å². The Hall–Kier alpha value is -2.91. The van der Waals surface area contributed by atoms with Crippen molar-refractivity contribution in [1.82, 2.24) is 19.5 Å². The van der Waals surface area contributed by atoms with Crippen molar-refractivity contribution in [3.05, 3.63) is 58.4 Å². The van der Waals surface area contributed by atoms with Crippen molar-refractivity contribution in [3.8, 4) is 23.0 Å². The van der Waals surface area contributed by atoms with Crippen molar-refractivity contribution >= 4 is 17.2 Å². The molecule has 144 valence electrons. The van der Waals surface area contributed by atoms with Crippen molar-refractivity contribution in [3.63, 3.8) is 0 Å². The van der Waals surface area contributed by atoms with Crippen LogP contribution >= 0.6 is 11.6 Å². The van der Waals surface area contributed by atoms with Gasteiger partial charge in [-0.25, -0.2) is 4.98 Å². The average molecular weight is 409 g/mol. The van der Waals surface area contributed by atoms with Gasteiger partial charge in [0.25, 0.3) is 5.89 Å². The fourth-order valence-electron chi connectivity index (χ4n) is 2.80. The minimum atomic E-state index is -4.46. The maximum Gasteiger partial charge on any atom is 0.417 e. The number of aryl methyl sites for hydroxylation is 1. The second kappa shape index (κ2) is 6.61. The summed E-state index contributed by atoms with van der Waals surface area (Å²) in [5.74, 6) is 0.253. The van der Waals surface area contributed by atoms with Gasteiger partial charge in [-0.05, 0) is 36.2 Å². The Labute approximate surface area is 161 Å². The summed E-state index contributed by atoms with van der Waals surface area (Å²) in [4.78, 5) is 8.54. The van der Waals surface area contributed by atoms with Crippen molar-refractivity contribution in [2.75, 3.05) is 0 Å². The van der Waals surface area contributed by atoms with E-state index in [1.165, 1.54) is 10.6 Å². The number of aromatic nitrogens is 4. The Balaban J connectivity index is 1.75. The van der Waals surface area contributed by atoms with Gasteiger partial charge in [-0.3, -0.25) is 0 Å². The van der Waals surface area contributed by atoms with E-state index in [9.17, 15) is 13.2 Å². The Bertz CT molecular complexity index is 1180. The molecule has 0 fully saturated rings. The zero-order chi connectivity index (χ0) is 20.1. The Kier molecular flexibility index (Phi) is 4.35. The molecule has 0 aliphatic carbocycles. The molecule has 0 spiro atoms. The van der Waals surface area contributed by atoms with Gasteiger partial charge in [-0.1, -0.05) is 22.8 Å². The lowest BCUT2D eigenvalue weighted by Crippen LogP contribution is -2.07. The number of benzene rings is 1. The van der Waals surface area contributed by atoms with E-state index in [1.807, 2.05) is 0 Å². The summed E-state index contributed by atoms with van der Waals surface area (Å²) in [7, 11) is 0. The van der Waals surface area contributed by atoms with E-state index in [0.29, 0.717) is 27.4 Å². The number of hydrogen-bond donors (Lipinski definition) is 1. The molecule has 0 amide bonds. The number of aliphatic hydroxyl groups excluding tert-OH is 1. The van der Waals surface area contributed by atoms with Crippen molar-refractivity contribution in [2.45, 2.75) is 19.7 Å². The van der Waals surface area contributed by atoms with Gasteiger partial charge in [0.05, 0.1) is 17.2 Å². The second-order valence-corrected chi connectivity index (χ2v) is 6.57. The molecular formula is C18H12ClF3N4O2. The monoisotopic (exact) mass is 408 g/mol. The molecule has 0 saturated carbocycles. The number of hydrogen-bond acceptors (Lipinski definition) is 5. The fraction of sp³-hybridized carbons (Fsp3) is 0.167. The lowest BCUT2D eigenvalue weighted by Gasteiger charge is -2.08. The molecule has 0 atom stereocenters. The molecule has 0 aliphatic rings. The highest BCUT2D eigenvalue weighted by molar-refractivity contribution is 6.33. The number of imidazole rings is 1. The summed E-state index contributed by atoms with van der Waals surface area (Å²) in [6.45, 7) is 1.39. The quantitative estimate of drug-likeness (QED) is 0.539. The van der Waals surface area contributed by atoms with Crippen LogP contribution in [0, 0.1) is 6.92 Å². The molecule has 0 aliphatic heterocycles. The first-order chi connectivity index (χ1) is 13.3. The third-order valence-electron chi connectivity index (χ3n) is 4.16. The van der Waals surface area contributed by atoms with E-state index in [2.05, 4.69) is 15.1 Å². The number of rotatable bonds is 3. The molecule has 3 aromatic heterocycles. The van der Waals surface area contributed by atoms with Crippen LogP contribution in [0.2, 0.25) is 5.02 Å². The van der Waals surface area contributed by atoms with Crippen LogP contribution < -0.4 is 0 Å². The highest BCUT2D eigenvalue weighted by Gasteiger charge is 2.31. The van der Waals surface area contributed by atoms with Gasteiger partial charge < -0.3 is 14.0 Å². The van der Waals surface area contributed by atoms with E-state index in [-0.39, 0.29) is 24.0 Å². The Morgan fingerprint density at radius 3 is 2.64 bits per heavy atom. The van der Waals surface area contributed by atoms with Gasteiger partial charge in [0, 0.05) is 18.0 Å². The standard InChI is InChI=1S/C18H12ClF3N4O2/c1-9-4-11(18(20,21)22)6-26-7-14(23-16(9)26)17-24-15(25-28-17)12-3-2-10(8-27)5-13(12)19/h2-7,27H,8H2,1H3. The SMILES string of the molecule is Cc1cc(C(F)(F)F)cn2cc(-c3nc(-c4ccc(CO)cc4Cl)no3)nc12. The summed E-state index contributed by atoms with van der Waals surface area (Å²) >= 11 is 6.18. The van der Waals surface area contributed by atoms with Gasteiger partial charge >= 0.3 is 6.18 Å². The predicted molar refractivity (Wildman–Crippen MR) is 94.6 cm³/mol. The molecule has 0 saturated heterocycles. The number of nitrogens with zero attached hydrogens (tertiary/aromatic N) is 4. The van der Waals surface area contributed by atoms with Gasteiger partial charge in [0.2, 0.25) is 5.82 Å². The van der Waals surface area contributed by atoms with E-state index < -0.39 is 11.7 Å². The van der Waals surface area contributed by atoms with Gasteiger partial charge in [-0.15, -0.1) is 0 Å².